The molecule has 1 fully saturated rings. The lowest BCUT2D eigenvalue weighted by atomic mass is 9.78. The predicted molar refractivity (Wildman–Crippen MR) is 90.0 cm³/mol. The lowest BCUT2D eigenvalue weighted by Crippen LogP contribution is -2.21. The summed E-state index contributed by atoms with van der Waals surface area (Å²) in [5.41, 5.74) is 2.57. The Labute approximate surface area is 136 Å². The Hall–Kier alpha value is -1.02. The Kier molecular flexibility index (Phi) is 3.77. The van der Waals surface area contributed by atoms with Gasteiger partial charge < -0.3 is 0 Å². The van der Waals surface area contributed by atoms with Crippen LogP contribution >= 0.6 is 23.2 Å². The van der Waals surface area contributed by atoms with Crippen LogP contribution in [0.5, 0.6) is 0 Å². The molecule has 3 rings (SSSR count). The summed E-state index contributed by atoms with van der Waals surface area (Å²) in [6.45, 7) is 4.46. The minimum Gasteiger partial charge on any atom is -0.294 e. The molecule has 0 bridgehead atoms. The van der Waals surface area contributed by atoms with Crippen molar-refractivity contribution in [3.05, 3.63) is 69.7 Å². The first-order chi connectivity index (χ1) is 10.1. The van der Waals surface area contributed by atoms with Gasteiger partial charge >= 0.3 is 0 Å². The molecule has 1 aliphatic rings. The van der Waals surface area contributed by atoms with Gasteiger partial charge in [-0.2, -0.15) is 0 Å². The second-order valence-electron chi connectivity index (χ2n) is 5.66. The third-order valence-electron chi connectivity index (χ3n) is 4.83. The first kappa shape index (κ1) is 14.9. The zero-order valence-corrected chi connectivity index (χ0v) is 13.8. The van der Waals surface area contributed by atoms with Gasteiger partial charge in [-0.25, -0.2) is 0 Å². The minimum atomic E-state index is -0.0137. The van der Waals surface area contributed by atoms with Crippen LogP contribution in [0.15, 0.2) is 48.5 Å². The van der Waals surface area contributed by atoms with Gasteiger partial charge in [-0.15, -0.1) is 0 Å². The van der Waals surface area contributed by atoms with Crippen molar-refractivity contribution in [2.24, 2.45) is 0 Å². The summed E-state index contributed by atoms with van der Waals surface area (Å²) in [6.07, 6.45) is 2.07. The third-order valence-corrected chi connectivity index (χ3v) is 5.33. The van der Waals surface area contributed by atoms with Gasteiger partial charge in [0.2, 0.25) is 0 Å². The van der Waals surface area contributed by atoms with E-state index in [0.717, 1.165) is 22.9 Å². The SMILES string of the molecule is CCC1(c2ccc(Cl)cc2)NC1(CC)c1ccc(Cl)cc1. The molecule has 2 aromatic carbocycles. The minimum absolute atomic E-state index is 0.0137. The molecule has 0 amide bonds. The van der Waals surface area contributed by atoms with Crippen LogP contribution in [0, 0.1) is 0 Å². The summed E-state index contributed by atoms with van der Waals surface area (Å²) < 4.78 is 0. The monoisotopic (exact) mass is 319 g/mol. The van der Waals surface area contributed by atoms with Crippen molar-refractivity contribution in [1.29, 1.82) is 0 Å². The van der Waals surface area contributed by atoms with Crippen LogP contribution < -0.4 is 5.32 Å². The molecule has 1 aliphatic heterocycles. The van der Waals surface area contributed by atoms with Crippen molar-refractivity contribution in [2.75, 3.05) is 0 Å². The summed E-state index contributed by atoms with van der Waals surface area (Å²) in [6, 6.07) is 16.4. The molecule has 3 heteroatoms. The third kappa shape index (κ3) is 2.19. The molecule has 0 aromatic heterocycles. The highest BCUT2D eigenvalue weighted by molar-refractivity contribution is 6.30. The molecule has 21 heavy (non-hydrogen) atoms. The number of benzene rings is 2. The Morgan fingerprint density at radius 1 is 0.714 bits per heavy atom. The first-order valence-corrected chi connectivity index (χ1v) is 8.15. The molecular weight excluding hydrogens is 301 g/mol. The summed E-state index contributed by atoms with van der Waals surface area (Å²) >= 11 is 12.1. The van der Waals surface area contributed by atoms with Crippen LogP contribution in [-0.4, -0.2) is 0 Å². The van der Waals surface area contributed by atoms with Crippen molar-refractivity contribution in [2.45, 2.75) is 37.8 Å². The number of hydrogen-bond donors (Lipinski definition) is 1. The molecular formula is C18H19Cl2N. The summed E-state index contributed by atoms with van der Waals surface area (Å²) in [7, 11) is 0. The van der Waals surface area contributed by atoms with Crippen molar-refractivity contribution in [3.63, 3.8) is 0 Å². The van der Waals surface area contributed by atoms with E-state index in [-0.39, 0.29) is 11.1 Å². The second kappa shape index (κ2) is 5.31. The smallest absolute Gasteiger partial charge is 0.0666 e. The molecule has 1 heterocycles. The fourth-order valence-electron chi connectivity index (χ4n) is 3.63. The largest absolute Gasteiger partial charge is 0.294 e. The summed E-state index contributed by atoms with van der Waals surface area (Å²) in [5.74, 6) is 0. The van der Waals surface area contributed by atoms with E-state index in [0.29, 0.717) is 0 Å². The molecule has 1 N–H and O–H groups in total. The molecule has 0 aliphatic carbocycles. The quantitative estimate of drug-likeness (QED) is 0.737. The van der Waals surface area contributed by atoms with E-state index in [1.54, 1.807) is 0 Å². The molecule has 0 radical (unpaired) electrons. The van der Waals surface area contributed by atoms with Crippen LogP contribution in [0.4, 0.5) is 0 Å². The van der Waals surface area contributed by atoms with E-state index in [9.17, 15) is 0 Å². The average Bonchev–Trinajstić information content (AvgIpc) is 3.19. The van der Waals surface area contributed by atoms with E-state index in [1.807, 2.05) is 24.3 Å². The van der Waals surface area contributed by atoms with Crippen molar-refractivity contribution >= 4 is 23.2 Å². The number of nitrogens with one attached hydrogen (secondary N) is 1. The van der Waals surface area contributed by atoms with Gasteiger partial charge in [0.15, 0.2) is 0 Å². The van der Waals surface area contributed by atoms with E-state index in [2.05, 4.69) is 43.4 Å². The normalized spacial score (nSPS) is 27.6. The second-order valence-corrected chi connectivity index (χ2v) is 6.53. The molecule has 0 spiro atoms. The average molecular weight is 320 g/mol. The van der Waals surface area contributed by atoms with Gasteiger partial charge in [-0.3, -0.25) is 5.32 Å². The summed E-state index contributed by atoms with van der Waals surface area (Å²) in [4.78, 5) is 0. The Morgan fingerprint density at radius 2 is 1.05 bits per heavy atom. The van der Waals surface area contributed by atoms with Crippen molar-refractivity contribution in [1.82, 2.24) is 5.32 Å². The van der Waals surface area contributed by atoms with E-state index in [4.69, 9.17) is 23.2 Å². The Bertz CT molecular complexity index is 578. The molecule has 2 aromatic rings. The number of hydrogen-bond acceptors (Lipinski definition) is 1. The molecule has 2 atom stereocenters. The fourth-order valence-corrected chi connectivity index (χ4v) is 3.88. The highest BCUT2D eigenvalue weighted by Crippen LogP contribution is 2.58. The Morgan fingerprint density at radius 3 is 1.33 bits per heavy atom. The van der Waals surface area contributed by atoms with E-state index < -0.39 is 0 Å². The topological polar surface area (TPSA) is 21.9 Å². The molecule has 110 valence electrons. The highest BCUT2D eigenvalue weighted by Gasteiger charge is 2.66. The van der Waals surface area contributed by atoms with Crippen LogP contribution in [0.1, 0.15) is 37.8 Å². The van der Waals surface area contributed by atoms with E-state index in [1.165, 1.54) is 11.1 Å². The van der Waals surface area contributed by atoms with Gasteiger partial charge in [-0.1, -0.05) is 61.3 Å². The van der Waals surface area contributed by atoms with Crippen molar-refractivity contribution in [3.8, 4) is 0 Å². The predicted octanol–water partition coefficient (Wildman–Crippen LogP) is 5.51. The van der Waals surface area contributed by atoms with Crippen molar-refractivity contribution < 1.29 is 0 Å². The highest BCUT2D eigenvalue weighted by atomic mass is 35.5. The van der Waals surface area contributed by atoms with Gasteiger partial charge in [0.1, 0.15) is 0 Å². The number of halogens is 2. The lowest BCUT2D eigenvalue weighted by Gasteiger charge is -2.22. The van der Waals surface area contributed by atoms with Gasteiger partial charge in [-0.05, 0) is 48.2 Å². The standard InChI is InChI=1S/C18H19Cl2N/c1-3-17(13-5-9-15(19)10-6-13)18(4-2,21-17)14-7-11-16(20)12-8-14/h5-12,21H,3-4H2,1-2H3. The van der Waals surface area contributed by atoms with Crippen LogP contribution in [0.25, 0.3) is 0 Å². The summed E-state index contributed by atoms with van der Waals surface area (Å²) in [5, 5.41) is 5.33. The maximum Gasteiger partial charge on any atom is 0.0666 e. The van der Waals surface area contributed by atoms with Crippen LogP contribution in [0.2, 0.25) is 10.0 Å². The zero-order valence-electron chi connectivity index (χ0n) is 12.3. The first-order valence-electron chi connectivity index (χ1n) is 7.39. The van der Waals surface area contributed by atoms with E-state index >= 15 is 0 Å². The fraction of sp³-hybridized carbons (Fsp3) is 0.333. The van der Waals surface area contributed by atoms with Crippen LogP contribution in [0.3, 0.4) is 0 Å². The molecule has 1 nitrogen and oxygen atoms in total. The zero-order chi connectivity index (χ0) is 15.1. The van der Waals surface area contributed by atoms with Gasteiger partial charge in [0, 0.05) is 10.0 Å². The maximum absolute atomic E-state index is 6.03. The molecule has 1 saturated heterocycles. The maximum atomic E-state index is 6.03. The van der Waals surface area contributed by atoms with Gasteiger partial charge in [0.05, 0.1) is 11.1 Å². The van der Waals surface area contributed by atoms with Crippen LogP contribution in [-0.2, 0) is 11.1 Å². The number of rotatable bonds is 4. The Balaban J connectivity index is 2.05. The molecule has 0 saturated carbocycles. The molecule has 2 unspecified atom stereocenters. The van der Waals surface area contributed by atoms with Gasteiger partial charge in [0.25, 0.3) is 0 Å². The lowest BCUT2D eigenvalue weighted by molar-refractivity contribution is 0.507.